The van der Waals surface area contributed by atoms with Gasteiger partial charge in [-0.2, -0.15) is 0 Å². The van der Waals surface area contributed by atoms with Crippen LogP contribution >= 0.6 is 0 Å². The minimum atomic E-state index is -1.26. The molecule has 0 spiro atoms. The molecule has 0 heterocycles. The van der Waals surface area contributed by atoms with E-state index >= 15 is 0 Å². The van der Waals surface area contributed by atoms with Crippen LogP contribution in [0.15, 0.2) is 24.8 Å². The van der Waals surface area contributed by atoms with Gasteiger partial charge in [-0.3, -0.25) is 4.79 Å². The van der Waals surface area contributed by atoms with Crippen molar-refractivity contribution in [2.45, 2.75) is 0 Å². The van der Waals surface area contributed by atoms with Crippen LogP contribution in [0.1, 0.15) is 0 Å². The number of carboxylic acids is 1. The van der Waals surface area contributed by atoms with Crippen LogP contribution in [-0.2, 0) is 19.1 Å². The third kappa shape index (κ3) is 6.49. The summed E-state index contributed by atoms with van der Waals surface area (Å²) < 4.78 is 4.34. The molecule has 5 heteroatoms. The standard InChI is InChI=1S/C8H8O5/c1-2-6(9)5-13-8(12)4-3-7(10)11/h2-4H,1,5H2,(H,10,11)/b4-3+. The molecular weight excluding hydrogens is 176 g/mol. The van der Waals surface area contributed by atoms with Crippen molar-refractivity contribution < 1.29 is 24.2 Å². The van der Waals surface area contributed by atoms with Gasteiger partial charge < -0.3 is 9.84 Å². The summed E-state index contributed by atoms with van der Waals surface area (Å²) >= 11 is 0. The second-order valence-electron chi connectivity index (χ2n) is 1.95. The molecule has 0 unspecified atom stereocenters. The van der Waals surface area contributed by atoms with E-state index in [9.17, 15) is 14.4 Å². The first-order valence-corrected chi connectivity index (χ1v) is 3.29. The lowest BCUT2D eigenvalue weighted by atomic mass is 10.4. The lowest BCUT2D eigenvalue weighted by Crippen LogP contribution is -2.09. The zero-order chi connectivity index (χ0) is 10.3. The van der Waals surface area contributed by atoms with Crippen molar-refractivity contribution in [3.63, 3.8) is 0 Å². The number of rotatable bonds is 5. The van der Waals surface area contributed by atoms with Crippen LogP contribution in [0, 0.1) is 0 Å². The maximum atomic E-state index is 10.6. The van der Waals surface area contributed by atoms with Crippen LogP contribution in [0.25, 0.3) is 0 Å². The highest BCUT2D eigenvalue weighted by Crippen LogP contribution is 1.83. The average molecular weight is 184 g/mol. The Kier molecular flexibility index (Phi) is 4.87. The van der Waals surface area contributed by atoms with E-state index in [0.717, 1.165) is 12.2 Å². The van der Waals surface area contributed by atoms with Gasteiger partial charge in [-0.05, 0) is 6.08 Å². The summed E-state index contributed by atoms with van der Waals surface area (Å²) in [7, 11) is 0. The zero-order valence-electron chi connectivity index (χ0n) is 6.73. The van der Waals surface area contributed by atoms with Crippen molar-refractivity contribution in [1.82, 2.24) is 0 Å². The summed E-state index contributed by atoms with van der Waals surface area (Å²) in [5.74, 6) is -2.58. The van der Waals surface area contributed by atoms with E-state index < -0.39 is 24.3 Å². The number of hydrogen-bond acceptors (Lipinski definition) is 4. The molecule has 1 N–H and O–H groups in total. The Labute approximate surface area is 74.3 Å². The predicted molar refractivity (Wildman–Crippen MR) is 42.9 cm³/mol. The predicted octanol–water partition coefficient (Wildman–Crippen LogP) is -0.0745. The minimum absolute atomic E-state index is 0.424. The molecule has 0 aromatic rings. The zero-order valence-corrected chi connectivity index (χ0v) is 6.73. The molecule has 5 nitrogen and oxygen atoms in total. The summed E-state index contributed by atoms with van der Waals surface area (Å²) in [6.45, 7) is 2.74. The van der Waals surface area contributed by atoms with Gasteiger partial charge in [-0.1, -0.05) is 6.58 Å². The van der Waals surface area contributed by atoms with Crippen molar-refractivity contribution in [1.29, 1.82) is 0 Å². The highest BCUT2D eigenvalue weighted by atomic mass is 16.5. The molecule has 0 fully saturated rings. The second kappa shape index (κ2) is 5.70. The van der Waals surface area contributed by atoms with Crippen LogP contribution in [0.2, 0.25) is 0 Å². The summed E-state index contributed by atoms with van der Waals surface area (Å²) in [6.07, 6.45) is 2.35. The Bertz CT molecular complexity index is 264. The quantitative estimate of drug-likeness (QED) is 0.477. The van der Waals surface area contributed by atoms with Crippen LogP contribution in [-0.4, -0.2) is 29.4 Å². The van der Waals surface area contributed by atoms with Gasteiger partial charge in [0.25, 0.3) is 0 Å². The summed E-state index contributed by atoms with van der Waals surface area (Å²) in [6, 6.07) is 0. The number of aliphatic carboxylic acids is 1. The van der Waals surface area contributed by atoms with E-state index in [1.807, 2.05) is 0 Å². The molecule has 0 aliphatic rings. The third-order valence-corrected chi connectivity index (χ3v) is 0.946. The van der Waals surface area contributed by atoms with Crippen LogP contribution in [0.3, 0.4) is 0 Å². The average Bonchev–Trinajstić information content (AvgIpc) is 2.10. The fraction of sp³-hybridized carbons (Fsp3) is 0.125. The van der Waals surface area contributed by atoms with Crippen LogP contribution in [0.5, 0.6) is 0 Å². The minimum Gasteiger partial charge on any atom is -0.478 e. The molecule has 0 aromatic heterocycles. The molecule has 0 amide bonds. The van der Waals surface area contributed by atoms with Crippen molar-refractivity contribution in [2.24, 2.45) is 0 Å². The number of carboxylic acid groups (broad SMARTS) is 1. The van der Waals surface area contributed by atoms with E-state index in [-0.39, 0.29) is 0 Å². The van der Waals surface area contributed by atoms with Crippen LogP contribution < -0.4 is 0 Å². The molecule has 0 saturated carbocycles. The number of esters is 1. The Balaban J connectivity index is 3.82. The van der Waals surface area contributed by atoms with Crippen molar-refractivity contribution in [2.75, 3.05) is 6.61 Å². The maximum Gasteiger partial charge on any atom is 0.331 e. The molecule has 0 radical (unpaired) electrons. The smallest absolute Gasteiger partial charge is 0.331 e. The van der Waals surface area contributed by atoms with Crippen molar-refractivity contribution in [3.8, 4) is 0 Å². The fourth-order valence-corrected chi connectivity index (χ4v) is 0.389. The van der Waals surface area contributed by atoms with Gasteiger partial charge in [0.1, 0.15) is 0 Å². The summed E-state index contributed by atoms with van der Waals surface area (Å²) in [5, 5.41) is 8.11. The lowest BCUT2D eigenvalue weighted by molar-refractivity contribution is -0.142. The van der Waals surface area contributed by atoms with Gasteiger partial charge in [0.15, 0.2) is 12.4 Å². The van der Waals surface area contributed by atoms with E-state index in [2.05, 4.69) is 11.3 Å². The van der Waals surface area contributed by atoms with E-state index in [1.165, 1.54) is 0 Å². The van der Waals surface area contributed by atoms with Gasteiger partial charge in [-0.15, -0.1) is 0 Å². The first-order valence-electron chi connectivity index (χ1n) is 3.29. The molecule has 70 valence electrons. The Morgan fingerprint density at radius 3 is 2.38 bits per heavy atom. The van der Waals surface area contributed by atoms with Gasteiger partial charge in [-0.25, -0.2) is 9.59 Å². The Morgan fingerprint density at radius 2 is 1.92 bits per heavy atom. The highest BCUT2D eigenvalue weighted by Gasteiger charge is 2.01. The van der Waals surface area contributed by atoms with E-state index in [4.69, 9.17) is 5.11 Å². The normalized spacial score (nSPS) is 9.54. The topological polar surface area (TPSA) is 80.7 Å². The molecule has 0 aliphatic heterocycles. The SMILES string of the molecule is C=CC(=O)COC(=O)/C=C/C(=O)O. The first-order chi connectivity index (χ1) is 6.06. The number of hydrogen-bond donors (Lipinski definition) is 1. The van der Waals surface area contributed by atoms with Crippen LogP contribution in [0.4, 0.5) is 0 Å². The van der Waals surface area contributed by atoms with Gasteiger partial charge in [0, 0.05) is 12.2 Å². The first kappa shape index (κ1) is 11.1. The van der Waals surface area contributed by atoms with Gasteiger partial charge in [0.2, 0.25) is 0 Å². The summed E-state index contributed by atoms with van der Waals surface area (Å²) in [4.78, 5) is 31.0. The molecule has 0 atom stereocenters. The van der Waals surface area contributed by atoms with E-state index in [0.29, 0.717) is 6.08 Å². The number of ketones is 1. The Morgan fingerprint density at radius 1 is 1.31 bits per heavy atom. The molecule has 0 aromatic carbocycles. The Hall–Kier alpha value is -1.91. The summed E-state index contributed by atoms with van der Waals surface area (Å²) in [5.41, 5.74) is 0. The monoisotopic (exact) mass is 184 g/mol. The van der Waals surface area contributed by atoms with Gasteiger partial charge >= 0.3 is 11.9 Å². The molecular formula is C8H8O5. The maximum absolute atomic E-state index is 10.6. The molecule has 0 saturated heterocycles. The molecule has 13 heavy (non-hydrogen) atoms. The van der Waals surface area contributed by atoms with Crippen molar-refractivity contribution >= 4 is 17.7 Å². The third-order valence-electron chi connectivity index (χ3n) is 0.946. The molecule has 0 rings (SSSR count). The number of carbonyl (C=O) groups is 3. The van der Waals surface area contributed by atoms with E-state index in [1.54, 1.807) is 0 Å². The fourth-order valence-electron chi connectivity index (χ4n) is 0.389. The number of carbonyl (C=O) groups excluding carboxylic acids is 2. The largest absolute Gasteiger partial charge is 0.478 e. The van der Waals surface area contributed by atoms with Gasteiger partial charge in [0.05, 0.1) is 0 Å². The highest BCUT2D eigenvalue weighted by molar-refractivity contribution is 5.94. The number of ether oxygens (including phenoxy) is 1. The lowest BCUT2D eigenvalue weighted by Gasteiger charge is -1.95. The molecule has 0 aliphatic carbocycles. The molecule has 0 bridgehead atoms. The van der Waals surface area contributed by atoms with Crippen molar-refractivity contribution in [3.05, 3.63) is 24.8 Å². The second-order valence-corrected chi connectivity index (χ2v) is 1.95.